The summed E-state index contributed by atoms with van der Waals surface area (Å²) in [5.74, 6) is -0.914. The van der Waals surface area contributed by atoms with Gasteiger partial charge in [0.1, 0.15) is 5.69 Å². The monoisotopic (exact) mass is 240 g/mol. The van der Waals surface area contributed by atoms with Crippen LogP contribution in [-0.4, -0.2) is 42.1 Å². The zero-order chi connectivity index (χ0) is 12.7. The predicted molar refractivity (Wildman–Crippen MR) is 62.3 cm³/mol. The minimum absolute atomic E-state index is 0.128. The SMILES string of the molecule is CCOCCN(CC)C(=O)c1cccc(F)n1. The number of aromatic nitrogens is 1. The molecule has 0 unspecified atom stereocenters. The molecule has 0 aromatic carbocycles. The van der Waals surface area contributed by atoms with Crippen molar-refractivity contribution in [3.8, 4) is 0 Å². The summed E-state index contributed by atoms with van der Waals surface area (Å²) in [6, 6.07) is 4.20. The molecule has 0 bridgehead atoms. The standard InChI is InChI=1S/C12H17FN2O2/c1-3-15(8-9-17-4-2)12(16)10-6-5-7-11(13)14-10/h5-7H,3-4,8-9H2,1-2H3. The van der Waals surface area contributed by atoms with Gasteiger partial charge in [-0.05, 0) is 26.0 Å². The molecule has 0 aliphatic rings. The zero-order valence-electron chi connectivity index (χ0n) is 10.1. The number of pyridine rings is 1. The summed E-state index contributed by atoms with van der Waals surface area (Å²) in [7, 11) is 0. The minimum Gasteiger partial charge on any atom is -0.380 e. The molecule has 4 nitrogen and oxygen atoms in total. The number of hydrogen-bond donors (Lipinski definition) is 0. The Bertz CT molecular complexity index is 371. The summed E-state index contributed by atoms with van der Waals surface area (Å²) in [5.41, 5.74) is 0.128. The minimum atomic E-state index is -0.642. The second-order valence-electron chi connectivity index (χ2n) is 3.43. The number of carbonyl (C=O) groups excluding carboxylic acids is 1. The molecule has 94 valence electrons. The van der Waals surface area contributed by atoms with Crippen LogP contribution in [0.2, 0.25) is 0 Å². The van der Waals surface area contributed by atoms with Crippen molar-refractivity contribution < 1.29 is 13.9 Å². The zero-order valence-corrected chi connectivity index (χ0v) is 10.1. The first-order valence-electron chi connectivity index (χ1n) is 5.68. The number of nitrogens with zero attached hydrogens (tertiary/aromatic N) is 2. The maximum Gasteiger partial charge on any atom is 0.272 e. The second kappa shape index (κ2) is 6.96. The molecule has 0 N–H and O–H groups in total. The summed E-state index contributed by atoms with van der Waals surface area (Å²) in [6.07, 6.45) is 0. The van der Waals surface area contributed by atoms with Crippen LogP contribution in [0.1, 0.15) is 24.3 Å². The van der Waals surface area contributed by atoms with E-state index in [9.17, 15) is 9.18 Å². The summed E-state index contributed by atoms with van der Waals surface area (Å²) < 4.78 is 18.1. The Balaban J connectivity index is 2.65. The molecule has 0 spiro atoms. The average molecular weight is 240 g/mol. The Morgan fingerprint density at radius 1 is 1.47 bits per heavy atom. The molecule has 0 aliphatic carbocycles. The van der Waals surface area contributed by atoms with Gasteiger partial charge in [-0.15, -0.1) is 0 Å². The second-order valence-corrected chi connectivity index (χ2v) is 3.43. The summed E-state index contributed by atoms with van der Waals surface area (Å²) >= 11 is 0. The van der Waals surface area contributed by atoms with Crippen molar-refractivity contribution in [2.75, 3.05) is 26.3 Å². The van der Waals surface area contributed by atoms with Gasteiger partial charge in [-0.2, -0.15) is 4.39 Å². The number of amides is 1. The van der Waals surface area contributed by atoms with Crippen LogP contribution < -0.4 is 0 Å². The van der Waals surface area contributed by atoms with E-state index in [0.717, 1.165) is 0 Å². The van der Waals surface area contributed by atoms with Crippen molar-refractivity contribution in [1.29, 1.82) is 0 Å². The van der Waals surface area contributed by atoms with Crippen LogP contribution in [0.3, 0.4) is 0 Å². The highest BCUT2D eigenvalue weighted by atomic mass is 19.1. The number of carbonyl (C=O) groups is 1. The maximum atomic E-state index is 12.9. The van der Waals surface area contributed by atoms with Gasteiger partial charge in [0.05, 0.1) is 6.61 Å². The fourth-order valence-electron chi connectivity index (χ4n) is 1.41. The maximum absolute atomic E-state index is 12.9. The van der Waals surface area contributed by atoms with E-state index in [0.29, 0.717) is 26.3 Å². The van der Waals surface area contributed by atoms with Gasteiger partial charge in [-0.3, -0.25) is 4.79 Å². The van der Waals surface area contributed by atoms with E-state index >= 15 is 0 Å². The lowest BCUT2D eigenvalue weighted by molar-refractivity contribution is 0.0662. The van der Waals surface area contributed by atoms with E-state index in [1.165, 1.54) is 18.2 Å². The number of likely N-dealkylation sites (N-methyl/N-ethyl adjacent to an activating group) is 1. The van der Waals surface area contributed by atoms with E-state index in [4.69, 9.17) is 4.74 Å². The van der Waals surface area contributed by atoms with Crippen LogP contribution in [-0.2, 0) is 4.74 Å². The first-order valence-corrected chi connectivity index (χ1v) is 5.68. The molecule has 0 fully saturated rings. The van der Waals surface area contributed by atoms with Crippen LogP contribution >= 0.6 is 0 Å². The quantitative estimate of drug-likeness (QED) is 0.561. The molecular formula is C12H17FN2O2. The number of hydrogen-bond acceptors (Lipinski definition) is 3. The third-order valence-corrected chi connectivity index (χ3v) is 2.31. The van der Waals surface area contributed by atoms with Crippen molar-refractivity contribution in [1.82, 2.24) is 9.88 Å². The van der Waals surface area contributed by atoms with Crippen LogP contribution in [0.5, 0.6) is 0 Å². The Morgan fingerprint density at radius 2 is 2.24 bits per heavy atom. The molecule has 1 amide bonds. The number of rotatable bonds is 6. The van der Waals surface area contributed by atoms with E-state index < -0.39 is 5.95 Å². The van der Waals surface area contributed by atoms with Crippen LogP contribution in [0.25, 0.3) is 0 Å². The molecule has 1 rings (SSSR count). The Kier molecular flexibility index (Phi) is 5.56. The van der Waals surface area contributed by atoms with Gasteiger partial charge >= 0.3 is 0 Å². The third-order valence-electron chi connectivity index (χ3n) is 2.31. The fourth-order valence-corrected chi connectivity index (χ4v) is 1.41. The number of ether oxygens (including phenoxy) is 1. The van der Waals surface area contributed by atoms with Crippen molar-refractivity contribution in [2.45, 2.75) is 13.8 Å². The van der Waals surface area contributed by atoms with Crippen molar-refractivity contribution >= 4 is 5.91 Å². The molecule has 17 heavy (non-hydrogen) atoms. The topological polar surface area (TPSA) is 42.4 Å². The number of halogens is 1. The van der Waals surface area contributed by atoms with Gasteiger partial charge in [0, 0.05) is 19.7 Å². The lowest BCUT2D eigenvalue weighted by atomic mass is 10.3. The summed E-state index contributed by atoms with van der Waals surface area (Å²) in [4.78, 5) is 17.1. The van der Waals surface area contributed by atoms with Crippen molar-refractivity contribution in [2.24, 2.45) is 0 Å². The molecule has 0 atom stereocenters. The molecule has 0 saturated carbocycles. The lowest BCUT2D eigenvalue weighted by Gasteiger charge is -2.20. The smallest absolute Gasteiger partial charge is 0.272 e. The van der Waals surface area contributed by atoms with Gasteiger partial charge in [0.2, 0.25) is 5.95 Å². The highest BCUT2D eigenvalue weighted by molar-refractivity contribution is 5.92. The van der Waals surface area contributed by atoms with Crippen molar-refractivity contribution in [3.05, 3.63) is 29.8 Å². The molecular weight excluding hydrogens is 223 g/mol. The first-order chi connectivity index (χ1) is 8.19. The largest absolute Gasteiger partial charge is 0.380 e. The van der Waals surface area contributed by atoms with Gasteiger partial charge < -0.3 is 9.64 Å². The van der Waals surface area contributed by atoms with Gasteiger partial charge in [-0.25, -0.2) is 4.98 Å². The first kappa shape index (κ1) is 13.6. The van der Waals surface area contributed by atoms with Gasteiger partial charge in [-0.1, -0.05) is 6.07 Å². The van der Waals surface area contributed by atoms with Gasteiger partial charge in [0.15, 0.2) is 0 Å². The van der Waals surface area contributed by atoms with E-state index in [2.05, 4.69) is 4.98 Å². The highest BCUT2D eigenvalue weighted by Gasteiger charge is 2.15. The molecule has 0 saturated heterocycles. The normalized spacial score (nSPS) is 10.3. The van der Waals surface area contributed by atoms with Crippen LogP contribution in [0.4, 0.5) is 4.39 Å². The Morgan fingerprint density at radius 3 is 2.82 bits per heavy atom. The molecule has 0 radical (unpaired) electrons. The predicted octanol–water partition coefficient (Wildman–Crippen LogP) is 1.72. The fraction of sp³-hybridized carbons (Fsp3) is 0.500. The molecule has 1 heterocycles. The lowest BCUT2D eigenvalue weighted by Crippen LogP contribution is -2.34. The van der Waals surface area contributed by atoms with E-state index in [-0.39, 0.29) is 11.6 Å². The van der Waals surface area contributed by atoms with Crippen LogP contribution in [0, 0.1) is 5.95 Å². The van der Waals surface area contributed by atoms with E-state index in [1.54, 1.807) is 4.90 Å². The summed E-state index contributed by atoms with van der Waals surface area (Å²) in [5, 5.41) is 0. The highest BCUT2D eigenvalue weighted by Crippen LogP contribution is 2.03. The van der Waals surface area contributed by atoms with Gasteiger partial charge in [0.25, 0.3) is 5.91 Å². The van der Waals surface area contributed by atoms with Crippen LogP contribution in [0.15, 0.2) is 18.2 Å². The summed E-state index contributed by atoms with van der Waals surface area (Å²) in [6.45, 7) is 5.89. The molecule has 1 aromatic rings. The molecule has 1 aromatic heterocycles. The Labute approximate surface area is 100 Å². The Hall–Kier alpha value is -1.49. The van der Waals surface area contributed by atoms with E-state index in [1.807, 2.05) is 13.8 Å². The third kappa shape index (κ3) is 4.11. The molecule has 0 aliphatic heterocycles. The van der Waals surface area contributed by atoms with Crippen molar-refractivity contribution in [3.63, 3.8) is 0 Å². The average Bonchev–Trinajstić information content (AvgIpc) is 2.34. The molecule has 5 heteroatoms.